The highest BCUT2D eigenvalue weighted by atomic mass is 35.5. The number of ketones is 1. The summed E-state index contributed by atoms with van der Waals surface area (Å²) in [6.07, 6.45) is 0.0310. The van der Waals surface area contributed by atoms with E-state index < -0.39 is 15.6 Å². The molecule has 1 heterocycles. The fraction of sp³-hybridized carbons (Fsp3) is 0.238. The van der Waals surface area contributed by atoms with Crippen LogP contribution in [0.5, 0.6) is 5.75 Å². The van der Waals surface area contributed by atoms with Crippen molar-refractivity contribution in [1.29, 1.82) is 0 Å². The lowest BCUT2D eigenvalue weighted by Gasteiger charge is -2.03. The van der Waals surface area contributed by atoms with Crippen molar-refractivity contribution in [3.63, 3.8) is 0 Å². The Morgan fingerprint density at radius 1 is 1.17 bits per heavy atom. The van der Waals surface area contributed by atoms with Crippen molar-refractivity contribution < 1.29 is 22.4 Å². The van der Waals surface area contributed by atoms with E-state index >= 15 is 0 Å². The average molecular weight is 434 g/mol. The highest BCUT2D eigenvalue weighted by molar-refractivity contribution is 7.91. The minimum absolute atomic E-state index is 0.0310. The van der Waals surface area contributed by atoms with E-state index in [-0.39, 0.29) is 18.0 Å². The van der Waals surface area contributed by atoms with Crippen LogP contribution in [0.15, 0.2) is 52.9 Å². The number of Topliss-reactive ketones (excluding diaryl/α,β-unsaturated/α-hetero) is 1. The third-order valence-corrected chi connectivity index (χ3v) is 5.99. The molecule has 0 saturated heterocycles. The highest BCUT2D eigenvalue weighted by Gasteiger charge is 2.22. The lowest BCUT2D eigenvalue weighted by atomic mass is 10.1. The van der Waals surface area contributed by atoms with Gasteiger partial charge in [0.25, 0.3) is 0 Å². The van der Waals surface area contributed by atoms with Crippen LogP contribution in [-0.2, 0) is 26.8 Å². The number of benzene rings is 2. The second kappa shape index (κ2) is 8.80. The molecule has 0 aliphatic carbocycles. The van der Waals surface area contributed by atoms with Crippen LogP contribution >= 0.6 is 11.6 Å². The molecule has 0 saturated carbocycles. The van der Waals surface area contributed by atoms with Crippen LogP contribution in [0.25, 0.3) is 11.5 Å². The Bertz CT molecular complexity index is 1120. The summed E-state index contributed by atoms with van der Waals surface area (Å²) in [6.45, 7) is 1.65. The first kappa shape index (κ1) is 21.1. The van der Waals surface area contributed by atoms with Gasteiger partial charge in [0.05, 0.1) is 18.6 Å². The maximum absolute atomic E-state index is 12.5. The topological polar surface area (TPSA) is 86.5 Å². The van der Waals surface area contributed by atoms with Gasteiger partial charge in [-0.05, 0) is 42.8 Å². The van der Waals surface area contributed by atoms with Crippen molar-refractivity contribution in [3.8, 4) is 17.2 Å². The zero-order valence-electron chi connectivity index (χ0n) is 16.0. The third-order valence-electron chi connectivity index (χ3n) is 4.26. The van der Waals surface area contributed by atoms with Crippen molar-refractivity contribution in [2.75, 3.05) is 12.9 Å². The number of ether oxygens (including phenoxy) is 1. The SMILES string of the molecule is COc1cccc(-c2nc(CS(=O)(=O)CC(=O)Cc3ccc(Cl)cc3)c(C)o2)c1. The van der Waals surface area contributed by atoms with Crippen LogP contribution in [0.2, 0.25) is 5.02 Å². The zero-order valence-corrected chi connectivity index (χ0v) is 17.6. The molecule has 0 aliphatic heterocycles. The molecule has 0 amide bonds. The van der Waals surface area contributed by atoms with Crippen LogP contribution in [0.3, 0.4) is 0 Å². The van der Waals surface area contributed by atoms with Gasteiger partial charge in [-0.15, -0.1) is 0 Å². The number of carbonyl (C=O) groups excluding carboxylic acids is 1. The van der Waals surface area contributed by atoms with Gasteiger partial charge in [0.1, 0.15) is 17.3 Å². The molecule has 2 aromatic carbocycles. The Hall–Kier alpha value is -2.64. The number of nitrogens with zero attached hydrogens (tertiary/aromatic N) is 1. The molecule has 0 atom stereocenters. The van der Waals surface area contributed by atoms with E-state index in [0.717, 1.165) is 0 Å². The van der Waals surface area contributed by atoms with Gasteiger partial charge in [0.2, 0.25) is 5.89 Å². The maximum atomic E-state index is 12.5. The van der Waals surface area contributed by atoms with E-state index in [1.165, 1.54) is 0 Å². The Kier molecular flexibility index (Phi) is 6.39. The molecule has 29 heavy (non-hydrogen) atoms. The number of carbonyl (C=O) groups is 1. The minimum atomic E-state index is -3.69. The molecule has 0 N–H and O–H groups in total. The standard InChI is InChI=1S/C21H20ClNO5S/c1-14-20(23-21(28-14)16-4-3-5-19(11-16)27-2)13-29(25,26)12-18(24)10-15-6-8-17(22)9-7-15/h3-9,11H,10,12-13H2,1-2H3. The number of hydrogen-bond acceptors (Lipinski definition) is 6. The average Bonchev–Trinajstić information content (AvgIpc) is 3.03. The van der Waals surface area contributed by atoms with Gasteiger partial charge in [0, 0.05) is 17.0 Å². The summed E-state index contributed by atoms with van der Waals surface area (Å²) in [5.74, 6) is 0.0344. The summed E-state index contributed by atoms with van der Waals surface area (Å²) in [4.78, 5) is 16.5. The van der Waals surface area contributed by atoms with Gasteiger partial charge in [-0.1, -0.05) is 29.8 Å². The summed E-state index contributed by atoms with van der Waals surface area (Å²) in [5.41, 5.74) is 1.68. The molecular formula is C21H20ClNO5S. The van der Waals surface area contributed by atoms with Crippen molar-refractivity contribution in [2.45, 2.75) is 19.1 Å². The van der Waals surface area contributed by atoms with Crippen molar-refractivity contribution >= 4 is 27.2 Å². The van der Waals surface area contributed by atoms with Gasteiger partial charge in [-0.3, -0.25) is 4.79 Å². The normalized spacial score (nSPS) is 11.4. The summed E-state index contributed by atoms with van der Waals surface area (Å²) in [5, 5.41) is 0.558. The van der Waals surface area contributed by atoms with Crippen molar-refractivity contribution in [2.24, 2.45) is 0 Å². The van der Waals surface area contributed by atoms with Crippen LogP contribution in [-0.4, -0.2) is 32.0 Å². The van der Waals surface area contributed by atoms with Crippen LogP contribution < -0.4 is 4.74 Å². The van der Waals surface area contributed by atoms with E-state index in [0.29, 0.717) is 39.2 Å². The largest absolute Gasteiger partial charge is 0.497 e. The van der Waals surface area contributed by atoms with Crippen molar-refractivity contribution in [1.82, 2.24) is 4.98 Å². The van der Waals surface area contributed by atoms with Gasteiger partial charge in [-0.25, -0.2) is 13.4 Å². The molecule has 152 valence electrons. The lowest BCUT2D eigenvalue weighted by molar-refractivity contribution is -0.116. The molecule has 3 rings (SSSR count). The first-order valence-electron chi connectivity index (χ1n) is 8.83. The van der Waals surface area contributed by atoms with Gasteiger partial charge < -0.3 is 9.15 Å². The van der Waals surface area contributed by atoms with Crippen molar-refractivity contribution in [3.05, 3.63) is 70.6 Å². The van der Waals surface area contributed by atoms with E-state index in [2.05, 4.69) is 4.98 Å². The molecular weight excluding hydrogens is 414 g/mol. The number of oxazole rings is 1. The second-order valence-corrected chi connectivity index (χ2v) is 9.13. The predicted octanol–water partition coefficient (Wildman–Crippen LogP) is 4.04. The summed E-state index contributed by atoms with van der Waals surface area (Å²) >= 11 is 5.82. The molecule has 6 nitrogen and oxygen atoms in total. The quantitative estimate of drug-likeness (QED) is 0.532. The Morgan fingerprint density at radius 3 is 2.59 bits per heavy atom. The van der Waals surface area contributed by atoms with E-state index in [1.54, 1.807) is 62.6 Å². The fourth-order valence-electron chi connectivity index (χ4n) is 2.83. The molecule has 0 fully saturated rings. The Labute approximate surface area is 174 Å². The Morgan fingerprint density at radius 2 is 1.90 bits per heavy atom. The fourth-order valence-corrected chi connectivity index (χ4v) is 4.33. The lowest BCUT2D eigenvalue weighted by Crippen LogP contribution is -2.19. The van der Waals surface area contributed by atoms with Gasteiger partial charge in [0.15, 0.2) is 15.6 Å². The summed E-state index contributed by atoms with van der Waals surface area (Å²) < 4.78 is 35.8. The number of aromatic nitrogens is 1. The maximum Gasteiger partial charge on any atom is 0.226 e. The number of aryl methyl sites for hydroxylation is 1. The first-order valence-corrected chi connectivity index (χ1v) is 11.0. The van der Waals surface area contributed by atoms with Crippen LogP contribution in [0.4, 0.5) is 0 Å². The molecule has 0 aliphatic rings. The number of rotatable bonds is 8. The second-order valence-electron chi connectivity index (χ2n) is 6.63. The first-order chi connectivity index (χ1) is 13.8. The summed E-state index contributed by atoms with van der Waals surface area (Å²) in [6, 6.07) is 13.9. The van der Waals surface area contributed by atoms with Crippen LogP contribution in [0, 0.1) is 6.92 Å². The van der Waals surface area contributed by atoms with Gasteiger partial charge in [-0.2, -0.15) is 0 Å². The molecule has 3 aromatic rings. The van der Waals surface area contributed by atoms with E-state index in [1.807, 2.05) is 0 Å². The zero-order chi connectivity index (χ0) is 21.0. The molecule has 8 heteroatoms. The third kappa shape index (κ3) is 5.68. The van der Waals surface area contributed by atoms with E-state index in [4.69, 9.17) is 20.8 Å². The monoisotopic (exact) mass is 433 g/mol. The van der Waals surface area contributed by atoms with Crippen LogP contribution in [0.1, 0.15) is 17.0 Å². The number of sulfone groups is 1. The number of methoxy groups -OCH3 is 1. The number of hydrogen-bond donors (Lipinski definition) is 0. The minimum Gasteiger partial charge on any atom is -0.497 e. The molecule has 0 bridgehead atoms. The highest BCUT2D eigenvalue weighted by Crippen LogP contribution is 2.26. The number of halogens is 1. The molecule has 0 radical (unpaired) electrons. The predicted molar refractivity (Wildman–Crippen MR) is 111 cm³/mol. The smallest absolute Gasteiger partial charge is 0.226 e. The molecule has 1 aromatic heterocycles. The van der Waals surface area contributed by atoms with Gasteiger partial charge >= 0.3 is 0 Å². The molecule has 0 spiro atoms. The molecule has 0 unspecified atom stereocenters. The Balaban J connectivity index is 1.70. The summed E-state index contributed by atoms with van der Waals surface area (Å²) in [7, 11) is -2.13. The van der Waals surface area contributed by atoms with E-state index in [9.17, 15) is 13.2 Å².